The zero-order valence-electron chi connectivity index (χ0n) is 19.4. The SMILES string of the molecule is COC1CN(C(=O)C(CC(=O)O)NC(=O)OCC2c3ccccc3-c3ccccc32)CCC1C. The molecule has 1 aliphatic heterocycles. The van der Waals surface area contributed by atoms with Gasteiger partial charge in [-0.2, -0.15) is 0 Å². The van der Waals surface area contributed by atoms with Crippen molar-refractivity contribution in [2.45, 2.75) is 37.8 Å². The number of nitrogens with one attached hydrogen (secondary N) is 1. The molecule has 2 aromatic rings. The average Bonchev–Trinajstić information content (AvgIpc) is 3.15. The number of likely N-dealkylation sites (tertiary alicyclic amines) is 1. The molecule has 1 fully saturated rings. The van der Waals surface area contributed by atoms with Crippen LogP contribution >= 0.6 is 0 Å². The number of rotatable bonds is 7. The van der Waals surface area contributed by atoms with Gasteiger partial charge in [-0.3, -0.25) is 9.59 Å². The van der Waals surface area contributed by atoms with Gasteiger partial charge in [0.05, 0.1) is 12.5 Å². The second-order valence-corrected chi connectivity index (χ2v) is 8.94. The summed E-state index contributed by atoms with van der Waals surface area (Å²) in [5.74, 6) is -1.45. The lowest BCUT2D eigenvalue weighted by molar-refractivity contribution is -0.144. The van der Waals surface area contributed by atoms with E-state index in [1.165, 1.54) is 0 Å². The van der Waals surface area contributed by atoms with Gasteiger partial charge in [0, 0.05) is 26.1 Å². The first-order valence-electron chi connectivity index (χ1n) is 11.5. The third kappa shape index (κ3) is 4.92. The number of carbonyl (C=O) groups is 3. The van der Waals surface area contributed by atoms with Crippen LogP contribution in [0.15, 0.2) is 48.5 Å². The summed E-state index contributed by atoms with van der Waals surface area (Å²) in [5, 5.41) is 11.8. The Hall–Kier alpha value is -3.39. The van der Waals surface area contributed by atoms with Crippen LogP contribution in [0.25, 0.3) is 11.1 Å². The van der Waals surface area contributed by atoms with Gasteiger partial charge >= 0.3 is 12.1 Å². The van der Waals surface area contributed by atoms with Crippen LogP contribution in [-0.2, 0) is 19.1 Å². The molecule has 0 bridgehead atoms. The van der Waals surface area contributed by atoms with E-state index in [4.69, 9.17) is 9.47 Å². The largest absolute Gasteiger partial charge is 0.481 e. The van der Waals surface area contributed by atoms with Crippen LogP contribution in [0.1, 0.15) is 36.8 Å². The second-order valence-electron chi connectivity index (χ2n) is 8.94. The first-order valence-corrected chi connectivity index (χ1v) is 11.5. The molecule has 0 aromatic heterocycles. The summed E-state index contributed by atoms with van der Waals surface area (Å²) in [4.78, 5) is 38.7. The molecule has 0 radical (unpaired) electrons. The quantitative estimate of drug-likeness (QED) is 0.649. The molecular weight excluding hydrogens is 436 g/mol. The average molecular weight is 467 g/mol. The molecule has 2 N–H and O–H groups in total. The fourth-order valence-electron chi connectivity index (χ4n) is 4.92. The van der Waals surface area contributed by atoms with Crippen molar-refractivity contribution in [1.82, 2.24) is 10.2 Å². The first-order chi connectivity index (χ1) is 16.4. The van der Waals surface area contributed by atoms with Gasteiger partial charge in [0.25, 0.3) is 0 Å². The van der Waals surface area contributed by atoms with E-state index in [1.54, 1.807) is 12.0 Å². The number of ether oxygens (including phenoxy) is 2. The highest BCUT2D eigenvalue weighted by atomic mass is 16.5. The minimum absolute atomic E-state index is 0.0841. The number of aliphatic carboxylic acids is 1. The molecule has 34 heavy (non-hydrogen) atoms. The summed E-state index contributed by atoms with van der Waals surface area (Å²) in [5.41, 5.74) is 4.36. The lowest BCUT2D eigenvalue weighted by Gasteiger charge is -2.37. The molecule has 8 nitrogen and oxygen atoms in total. The van der Waals surface area contributed by atoms with E-state index < -0.39 is 30.4 Å². The minimum atomic E-state index is -1.21. The Labute approximate surface area is 198 Å². The number of benzene rings is 2. The Bertz CT molecular complexity index is 1030. The van der Waals surface area contributed by atoms with E-state index in [2.05, 4.69) is 12.2 Å². The smallest absolute Gasteiger partial charge is 0.407 e. The zero-order chi connectivity index (χ0) is 24.2. The van der Waals surface area contributed by atoms with Crippen molar-refractivity contribution in [3.8, 4) is 11.1 Å². The van der Waals surface area contributed by atoms with Crippen LogP contribution in [0.5, 0.6) is 0 Å². The van der Waals surface area contributed by atoms with Gasteiger partial charge in [-0.15, -0.1) is 0 Å². The van der Waals surface area contributed by atoms with Crippen molar-refractivity contribution in [2.75, 3.05) is 26.8 Å². The van der Waals surface area contributed by atoms with Crippen LogP contribution in [0.3, 0.4) is 0 Å². The summed E-state index contributed by atoms with van der Waals surface area (Å²) >= 11 is 0. The van der Waals surface area contributed by atoms with Gasteiger partial charge in [0.1, 0.15) is 12.6 Å². The summed E-state index contributed by atoms with van der Waals surface area (Å²) in [6, 6.07) is 14.8. The van der Waals surface area contributed by atoms with Crippen LogP contribution in [0, 0.1) is 5.92 Å². The van der Waals surface area contributed by atoms with Crippen molar-refractivity contribution in [3.05, 3.63) is 59.7 Å². The summed E-state index contributed by atoms with van der Waals surface area (Å²) < 4.78 is 11.0. The van der Waals surface area contributed by atoms with Crippen molar-refractivity contribution in [3.63, 3.8) is 0 Å². The highest BCUT2D eigenvalue weighted by Crippen LogP contribution is 2.44. The normalized spacial score (nSPS) is 20.2. The van der Waals surface area contributed by atoms with E-state index in [0.29, 0.717) is 19.0 Å². The summed E-state index contributed by atoms with van der Waals surface area (Å²) in [7, 11) is 1.60. The topological polar surface area (TPSA) is 105 Å². The first kappa shape index (κ1) is 23.8. The minimum Gasteiger partial charge on any atom is -0.481 e. The molecule has 8 heteroatoms. The number of alkyl carbamates (subject to hydrolysis) is 1. The highest BCUT2D eigenvalue weighted by Gasteiger charge is 2.35. The third-order valence-electron chi connectivity index (χ3n) is 6.82. The van der Waals surface area contributed by atoms with Gasteiger partial charge in [0.2, 0.25) is 5.91 Å². The number of carbonyl (C=O) groups excluding carboxylic acids is 2. The van der Waals surface area contributed by atoms with Gasteiger partial charge in [0.15, 0.2) is 0 Å². The predicted molar refractivity (Wildman–Crippen MR) is 125 cm³/mol. The Morgan fingerprint density at radius 1 is 1.09 bits per heavy atom. The third-order valence-corrected chi connectivity index (χ3v) is 6.82. The maximum atomic E-state index is 13.1. The number of hydrogen-bond donors (Lipinski definition) is 2. The molecule has 0 spiro atoms. The lowest BCUT2D eigenvalue weighted by atomic mass is 9.95. The van der Waals surface area contributed by atoms with Crippen molar-refractivity contribution in [1.29, 1.82) is 0 Å². The molecule has 3 unspecified atom stereocenters. The monoisotopic (exact) mass is 466 g/mol. The predicted octanol–water partition coefficient (Wildman–Crippen LogP) is 3.25. The van der Waals surface area contributed by atoms with Crippen LogP contribution in [-0.4, -0.2) is 66.9 Å². The van der Waals surface area contributed by atoms with Gasteiger partial charge in [-0.1, -0.05) is 55.5 Å². The van der Waals surface area contributed by atoms with E-state index in [1.807, 2.05) is 48.5 Å². The van der Waals surface area contributed by atoms with E-state index in [0.717, 1.165) is 28.7 Å². The number of amides is 2. The summed E-state index contributed by atoms with van der Waals surface area (Å²) in [6.07, 6.45) is -0.713. The van der Waals surface area contributed by atoms with Crippen molar-refractivity contribution >= 4 is 18.0 Å². The lowest BCUT2D eigenvalue weighted by Crippen LogP contribution is -2.54. The molecule has 1 saturated heterocycles. The fraction of sp³-hybridized carbons (Fsp3) is 0.423. The zero-order valence-corrected chi connectivity index (χ0v) is 19.4. The van der Waals surface area contributed by atoms with E-state index in [9.17, 15) is 19.5 Å². The molecule has 180 valence electrons. The molecule has 2 aromatic carbocycles. The molecule has 3 atom stereocenters. The molecule has 1 heterocycles. The number of hydrogen-bond acceptors (Lipinski definition) is 5. The maximum Gasteiger partial charge on any atom is 0.407 e. The summed E-state index contributed by atoms with van der Waals surface area (Å²) in [6.45, 7) is 2.99. The van der Waals surface area contributed by atoms with Crippen LogP contribution < -0.4 is 5.32 Å². The number of piperidine rings is 1. The van der Waals surface area contributed by atoms with Crippen molar-refractivity contribution in [2.24, 2.45) is 5.92 Å². The second kappa shape index (κ2) is 10.3. The molecule has 1 aliphatic carbocycles. The van der Waals surface area contributed by atoms with Gasteiger partial charge < -0.3 is 24.8 Å². The molecular formula is C26H30N2O6. The van der Waals surface area contributed by atoms with Crippen molar-refractivity contribution < 1.29 is 29.0 Å². The Morgan fingerprint density at radius 3 is 2.29 bits per heavy atom. The maximum absolute atomic E-state index is 13.1. The number of nitrogens with zero attached hydrogens (tertiary/aromatic N) is 1. The van der Waals surface area contributed by atoms with Crippen LogP contribution in [0.4, 0.5) is 4.79 Å². The van der Waals surface area contributed by atoms with E-state index in [-0.39, 0.29) is 18.6 Å². The Balaban J connectivity index is 1.42. The molecule has 4 rings (SSSR count). The highest BCUT2D eigenvalue weighted by molar-refractivity contribution is 5.89. The number of carboxylic acid groups (broad SMARTS) is 1. The number of carboxylic acids is 1. The molecule has 2 aliphatic rings. The number of fused-ring (bicyclic) bond motifs is 3. The Kier molecular flexibility index (Phi) is 7.17. The fourth-order valence-corrected chi connectivity index (χ4v) is 4.92. The number of methoxy groups -OCH3 is 1. The van der Waals surface area contributed by atoms with Gasteiger partial charge in [-0.25, -0.2) is 4.79 Å². The Morgan fingerprint density at radius 2 is 1.71 bits per heavy atom. The standard InChI is InChI=1S/C26H30N2O6/c1-16-11-12-28(14-23(16)33-2)25(31)22(13-24(29)30)27-26(32)34-15-21-19-9-5-3-7-17(19)18-8-4-6-10-20(18)21/h3-10,16,21-23H,11-15H2,1-2H3,(H,27,32)(H,29,30). The van der Waals surface area contributed by atoms with Gasteiger partial charge in [-0.05, 0) is 34.6 Å². The molecule has 2 amide bonds. The van der Waals surface area contributed by atoms with Crippen LogP contribution in [0.2, 0.25) is 0 Å². The van der Waals surface area contributed by atoms with E-state index >= 15 is 0 Å². The molecule has 0 saturated carbocycles.